The minimum Gasteiger partial charge on any atom is -0.481 e. The summed E-state index contributed by atoms with van der Waals surface area (Å²) in [4.78, 5) is 25.9. The van der Waals surface area contributed by atoms with Crippen molar-refractivity contribution in [1.82, 2.24) is 4.90 Å². The van der Waals surface area contributed by atoms with Crippen LogP contribution >= 0.6 is 0 Å². The number of para-hydroxylation sites is 1. The van der Waals surface area contributed by atoms with Gasteiger partial charge in [0.2, 0.25) is 5.91 Å². The highest BCUT2D eigenvalue weighted by atomic mass is 16.4. The molecule has 1 aliphatic rings. The monoisotopic (exact) mass is 315 g/mol. The number of carboxylic acid groups (broad SMARTS) is 1. The van der Waals surface area contributed by atoms with E-state index in [1.807, 2.05) is 44.2 Å². The van der Waals surface area contributed by atoms with Crippen LogP contribution in [0.25, 0.3) is 11.0 Å². The van der Waals surface area contributed by atoms with E-state index in [1.165, 1.54) is 0 Å². The van der Waals surface area contributed by atoms with Crippen LogP contribution in [-0.2, 0) is 9.59 Å². The van der Waals surface area contributed by atoms with E-state index in [9.17, 15) is 14.7 Å². The van der Waals surface area contributed by atoms with E-state index >= 15 is 0 Å². The Labute approximate surface area is 134 Å². The fraction of sp³-hybridized carbons (Fsp3) is 0.444. The van der Waals surface area contributed by atoms with Crippen LogP contribution < -0.4 is 0 Å². The molecule has 2 heterocycles. The molecular weight excluding hydrogens is 294 g/mol. The van der Waals surface area contributed by atoms with Gasteiger partial charge >= 0.3 is 5.97 Å². The summed E-state index contributed by atoms with van der Waals surface area (Å²) in [5.41, 5.74) is 0.761. The molecule has 1 amide bonds. The van der Waals surface area contributed by atoms with Crippen molar-refractivity contribution in [2.75, 3.05) is 6.54 Å². The third kappa shape index (κ3) is 2.83. The van der Waals surface area contributed by atoms with Gasteiger partial charge in [0.15, 0.2) is 0 Å². The first-order valence-electron chi connectivity index (χ1n) is 8.01. The number of carbonyl (C=O) groups excluding carboxylic acids is 1. The van der Waals surface area contributed by atoms with Crippen molar-refractivity contribution in [2.45, 2.75) is 38.6 Å². The molecule has 0 bridgehead atoms. The van der Waals surface area contributed by atoms with Crippen molar-refractivity contribution in [1.29, 1.82) is 0 Å². The summed E-state index contributed by atoms with van der Waals surface area (Å²) in [6.45, 7) is 4.24. The Morgan fingerprint density at radius 3 is 2.78 bits per heavy atom. The topological polar surface area (TPSA) is 70.8 Å². The molecule has 1 aromatic heterocycles. The quantitative estimate of drug-likeness (QED) is 0.944. The maximum absolute atomic E-state index is 12.8. The lowest BCUT2D eigenvalue weighted by molar-refractivity contribution is -0.149. The van der Waals surface area contributed by atoms with Gasteiger partial charge in [-0.25, -0.2) is 0 Å². The lowest BCUT2D eigenvalue weighted by Crippen LogP contribution is -2.50. The summed E-state index contributed by atoms with van der Waals surface area (Å²) in [5, 5.41) is 10.3. The minimum atomic E-state index is -0.827. The number of rotatable bonds is 3. The summed E-state index contributed by atoms with van der Waals surface area (Å²) in [7, 11) is 0. The molecule has 1 unspecified atom stereocenters. The molecule has 0 saturated carbocycles. The van der Waals surface area contributed by atoms with Crippen LogP contribution in [0.2, 0.25) is 0 Å². The Morgan fingerprint density at radius 1 is 1.35 bits per heavy atom. The number of benzene rings is 1. The second-order valence-electron chi connectivity index (χ2n) is 6.27. The number of aliphatic carboxylic acids is 1. The number of fused-ring (bicyclic) bond motifs is 1. The van der Waals surface area contributed by atoms with Gasteiger partial charge in [-0.3, -0.25) is 9.59 Å². The highest BCUT2D eigenvalue weighted by Gasteiger charge is 2.37. The Bertz CT molecular complexity index is 702. The van der Waals surface area contributed by atoms with Gasteiger partial charge in [-0.2, -0.15) is 0 Å². The van der Waals surface area contributed by atoms with Crippen LogP contribution in [0.15, 0.2) is 34.7 Å². The van der Waals surface area contributed by atoms with Gasteiger partial charge in [-0.1, -0.05) is 18.2 Å². The fourth-order valence-corrected chi connectivity index (χ4v) is 3.37. The molecular formula is C18H21NO4. The highest BCUT2D eigenvalue weighted by molar-refractivity contribution is 5.86. The first-order chi connectivity index (χ1) is 11.0. The predicted octanol–water partition coefficient (Wildman–Crippen LogP) is 3.25. The zero-order valence-electron chi connectivity index (χ0n) is 13.4. The fourth-order valence-electron chi connectivity index (χ4n) is 3.37. The van der Waals surface area contributed by atoms with Crippen LogP contribution in [0.5, 0.6) is 0 Å². The maximum Gasteiger partial charge on any atom is 0.308 e. The predicted molar refractivity (Wildman–Crippen MR) is 86.2 cm³/mol. The molecule has 3 rings (SSSR count). The lowest BCUT2D eigenvalue weighted by atomic mass is 9.89. The van der Waals surface area contributed by atoms with E-state index in [0.717, 1.165) is 17.4 Å². The summed E-state index contributed by atoms with van der Waals surface area (Å²) >= 11 is 0. The second kappa shape index (κ2) is 6.07. The summed E-state index contributed by atoms with van der Waals surface area (Å²) in [5.74, 6) is -1.18. The normalized spacial score (nSPS) is 23.0. The van der Waals surface area contributed by atoms with E-state index in [-0.39, 0.29) is 11.9 Å². The van der Waals surface area contributed by atoms with Gasteiger partial charge < -0.3 is 14.4 Å². The van der Waals surface area contributed by atoms with Crippen LogP contribution in [0.4, 0.5) is 0 Å². The lowest BCUT2D eigenvalue weighted by Gasteiger charge is -2.38. The van der Waals surface area contributed by atoms with Gasteiger partial charge in [0.1, 0.15) is 11.3 Å². The molecule has 5 heteroatoms. The first-order valence-corrected chi connectivity index (χ1v) is 8.01. The van der Waals surface area contributed by atoms with Crippen molar-refractivity contribution >= 4 is 22.8 Å². The molecule has 1 aliphatic heterocycles. The molecule has 1 fully saturated rings. The number of amides is 1. The molecule has 0 spiro atoms. The molecule has 1 aromatic carbocycles. The second-order valence-corrected chi connectivity index (χ2v) is 6.27. The van der Waals surface area contributed by atoms with Gasteiger partial charge in [0.25, 0.3) is 0 Å². The number of piperidine rings is 1. The van der Waals surface area contributed by atoms with E-state index in [1.54, 1.807) is 4.90 Å². The molecule has 5 nitrogen and oxygen atoms in total. The third-order valence-electron chi connectivity index (χ3n) is 4.83. The number of likely N-dealkylation sites (tertiary alicyclic amines) is 1. The number of carbonyl (C=O) groups is 2. The zero-order chi connectivity index (χ0) is 16.6. The number of furan rings is 1. The van der Waals surface area contributed by atoms with Gasteiger partial charge in [0.05, 0.1) is 11.8 Å². The van der Waals surface area contributed by atoms with E-state index in [0.29, 0.717) is 18.7 Å². The van der Waals surface area contributed by atoms with Crippen LogP contribution in [0, 0.1) is 5.92 Å². The molecule has 0 radical (unpaired) electrons. The molecule has 0 aliphatic carbocycles. The molecule has 23 heavy (non-hydrogen) atoms. The largest absolute Gasteiger partial charge is 0.481 e. The average Bonchev–Trinajstić information content (AvgIpc) is 2.97. The molecule has 1 N–H and O–H groups in total. The van der Waals surface area contributed by atoms with Gasteiger partial charge in [0, 0.05) is 18.0 Å². The highest BCUT2D eigenvalue weighted by Crippen LogP contribution is 2.30. The molecule has 3 atom stereocenters. The van der Waals surface area contributed by atoms with Crippen molar-refractivity contribution < 1.29 is 19.1 Å². The number of carboxylic acids is 1. The molecule has 1 saturated heterocycles. The number of hydrogen-bond acceptors (Lipinski definition) is 3. The van der Waals surface area contributed by atoms with Crippen LogP contribution in [0.1, 0.15) is 38.4 Å². The minimum absolute atomic E-state index is 0.0671. The van der Waals surface area contributed by atoms with Crippen LogP contribution in [-0.4, -0.2) is 34.5 Å². The van der Waals surface area contributed by atoms with E-state index in [4.69, 9.17) is 4.42 Å². The summed E-state index contributed by atoms with van der Waals surface area (Å²) in [6, 6.07) is 9.25. The van der Waals surface area contributed by atoms with E-state index < -0.39 is 17.8 Å². The Kier molecular flexibility index (Phi) is 4.11. The van der Waals surface area contributed by atoms with Crippen molar-refractivity contribution in [3.63, 3.8) is 0 Å². The SMILES string of the molecule is CC(C(=O)N1CCC[C@H](C(=O)O)[C@@H]1C)c1cc2ccccc2o1. The average molecular weight is 315 g/mol. The number of nitrogens with zero attached hydrogens (tertiary/aromatic N) is 1. The first kappa shape index (κ1) is 15.6. The van der Waals surface area contributed by atoms with Crippen LogP contribution in [0.3, 0.4) is 0 Å². The summed E-state index contributed by atoms with van der Waals surface area (Å²) < 4.78 is 5.79. The van der Waals surface area contributed by atoms with Crippen molar-refractivity contribution in [2.24, 2.45) is 5.92 Å². The maximum atomic E-state index is 12.8. The Morgan fingerprint density at radius 2 is 2.09 bits per heavy atom. The Hall–Kier alpha value is -2.30. The summed E-state index contributed by atoms with van der Waals surface area (Å²) in [6.07, 6.45) is 1.35. The Balaban J connectivity index is 1.82. The smallest absolute Gasteiger partial charge is 0.308 e. The third-order valence-corrected chi connectivity index (χ3v) is 4.83. The number of hydrogen-bond donors (Lipinski definition) is 1. The molecule has 122 valence electrons. The van der Waals surface area contributed by atoms with Gasteiger partial charge in [-0.15, -0.1) is 0 Å². The van der Waals surface area contributed by atoms with Crippen molar-refractivity contribution in [3.05, 3.63) is 36.1 Å². The molecule has 2 aromatic rings. The standard InChI is InChI=1S/C18H21NO4/c1-11(16-10-13-6-3-4-8-15(13)23-16)17(20)19-9-5-7-14(12(19)2)18(21)22/h3-4,6,8,10-12,14H,5,7,9H2,1-2H3,(H,21,22)/t11?,12-,14-/m0/s1. The van der Waals surface area contributed by atoms with E-state index in [2.05, 4.69) is 0 Å². The zero-order valence-corrected chi connectivity index (χ0v) is 13.4. The van der Waals surface area contributed by atoms with Gasteiger partial charge in [-0.05, 0) is 38.8 Å². The van der Waals surface area contributed by atoms with Crippen molar-refractivity contribution in [3.8, 4) is 0 Å².